The number of hydrogen-bond acceptors (Lipinski definition) is 0. The number of fused-ring (bicyclic) bond motifs is 2. The van der Waals surface area contributed by atoms with Crippen LogP contribution in [0.15, 0.2) is 106 Å². The number of aromatic nitrogens is 2. The number of benzene rings is 4. The molecule has 0 aliphatic carbocycles. The molecule has 160 valence electrons. The van der Waals surface area contributed by atoms with Crippen molar-refractivity contribution in [1.29, 1.82) is 0 Å². The molecular formula is C29H20Br2N2. The Hall–Kier alpha value is -3.08. The largest absolute Gasteiger partial charge is 0.354 e. The van der Waals surface area contributed by atoms with Crippen molar-refractivity contribution >= 4 is 53.7 Å². The van der Waals surface area contributed by atoms with Crippen molar-refractivity contribution in [1.82, 2.24) is 9.97 Å². The van der Waals surface area contributed by atoms with Gasteiger partial charge in [-0.15, -0.1) is 0 Å². The molecule has 2 heterocycles. The monoisotopic (exact) mass is 554 g/mol. The lowest BCUT2D eigenvalue weighted by Crippen LogP contribution is -1.93. The van der Waals surface area contributed by atoms with E-state index in [0.717, 1.165) is 26.4 Å². The smallest absolute Gasteiger partial charge is 0.0500 e. The van der Waals surface area contributed by atoms with Crippen LogP contribution < -0.4 is 0 Å². The highest BCUT2D eigenvalue weighted by molar-refractivity contribution is 9.10. The lowest BCUT2D eigenvalue weighted by molar-refractivity contribution is 1.22. The Bertz CT molecular complexity index is 1470. The zero-order valence-electron chi connectivity index (χ0n) is 17.7. The summed E-state index contributed by atoms with van der Waals surface area (Å²) in [5.74, 6) is 0. The maximum Gasteiger partial charge on any atom is 0.0500 e. The molecule has 2 aromatic heterocycles. The van der Waals surface area contributed by atoms with Gasteiger partial charge in [0.1, 0.15) is 0 Å². The first-order valence-corrected chi connectivity index (χ1v) is 12.5. The minimum atomic E-state index is 0.807. The summed E-state index contributed by atoms with van der Waals surface area (Å²) in [6, 6.07) is 34.1. The van der Waals surface area contributed by atoms with Gasteiger partial charge in [-0.05, 0) is 58.7 Å². The normalized spacial score (nSPS) is 11.5. The maximum absolute atomic E-state index is 3.70. The summed E-state index contributed by atoms with van der Waals surface area (Å²) in [5.41, 5.74) is 9.64. The molecule has 0 aliphatic rings. The molecule has 0 unspecified atom stereocenters. The number of H-pyrrole nitrogens is 2. The van der Waals surface area contributed by atoms with Crippen molar-refractivity contribution in [3.05, 3.63) is 117 Å². The van der Waals surface area contributed by atoms with Gasteiger partial charge in [-0.2, -0.15) is 0 Å². The molecule has 4 heteroatoms. The Labute approximate surface area is 208 Å². The van der Waals surface area contributed by atoms with Gasteiger partial charge < -0.3 is 9.97 Å². The van der Waals surface area contributed by atoms with E-state index in [9.17, 15) is 0 Å². The molecule has 33 heavy (non-hydrogen) atoms. The Balaban J connectivity index is 1.63. The van der Waals surface area contributed by atoms with E-state index in [-0.39, 0.29) is 0 Å². The molecule has 0 bridgehead atoms. The zero-order chi connectivity index (χ0) is 22.4. The number of halogens is 2. The third-order valence-electron chi connectivity index (χ3n) is 6.21. The van der Waals surface area contributed by atoms with Gasteiger partial charge in [0.25, 0.3) is 0 Å². The average molecular weight is 556 g/mol. The van der Waals surface area contributed by atoms with Crippen LogP contribution in [0.5, 0.6) is 0 Å². The summed E-state index contributed by atoms with van der Waals surface area (Å²) in [7, 11) is 0. The standard InChI is InChI=1S/C29H20Br2N2/c30-20-11-13-26-22(15-20)24(28(32-26)18-7-3-1-4-8-18)17-25-23-16-21(31)12-14-27(23)33-29(25)19-9-5-2-6-10-19/h1-16,32-33H,17H2. The molecule has 0 saturated heterocycles. The molecule has 0 aliphatic heterocycles. The number of nitrogens with one attached hydrogen (secondary N) is 2. The fraction of sp³-hybridized carbons (Fsp3) is 0.0345. The quantitative estimate of drug-likeness (QED) is 0.217. The lowest BCUT2D eigenvalue weighted by atomic mass is 9.95. The van der Waals surface area contributed by atoms with E-state index >= 15 is 0 Å². The molecule has 0 spiro atoms. The summed E-state index contributed by atoms with van der Waals surface area (Å²) in [5, 5.41) is 2.48. The van der Waals surface area contributed by atoms with E-state index in [2.05, 4.69) is 139 Å². The minimum Gasteiger partial charge on any atom is -0.354 e. The van der Waals surface area contributed by atoms with Crippen molar-refractivity contribution < 1.29 is 0 Å². The van der Waals surface area contributed by atoms with Crippen molar-refractivity contribution in [2.24, 2.45) is 0 Å². The predicted molar refractivity (Wildman–Crippen MR) is 146 cm³/mol. The maximum atomic E-state index is 3.70. The van der Waals surface area contributed by atoms with Gasteiger partial charge in [-0.1, -0.05) is 92.5 Å². The van der Waals surface area contributed by atoms with Crippen molar-refractivity contribution in [3.63, 3.8) is 0 Å². The van der Waals surface area contributed by atoms with Crippen LogP contribution in [0, 0.1) is 0 Å². The van der Waals surface area contributed by atoms with Crippen LogP contribution in [-0.2, 0) is 6.42 Å². The Morgan fingerprint density at radius 2 is 0.939 bits per heavy atom. The highest BCUT2D eigenvalue weighted by atomic mass is 79.9. The van der Waals surface area contributed by atoms with E-state index in [0.29, 0.717) is 0 Å². The van der Waals surface area contributed by atoms with E-state index in [4.69, 9.17) is 0 Å². The van der Waals surface area contributed by atoms with Crippen LogP contribution in [0.3, 0.4) is 0 Å². The van der Waals surface area contributed by atoms with Crippen LogP contribution in [0.4, 0.5) is 0 Å². The van der Waals surface area contributed by atoms with Gasteiger partial charge >= 0.3 is 0 Å². The first-order valence-electron chi connectivity index (χ1n) is 10.9. The number of rotatable bonds is 4. The highest BCUT2D eigenvalue weighted by Gasteiger charge is 2.19. The van der Waals surface area contributed by atoms with Crippen molar-refractivity contribution in [3.8, 4) is 22.5 Å². The third kappa shape index (κ3) is 3.73. The second kappa shape index (κ2) is 8.36. The van der Waals surface area contributed by atoms with Crippen LogP contribution in [0.2, 0.25) is 0 Å². The van der Waals surface area contributed by atoms with E-state index < -0.39 is 0 Å². The van der Waals surface area contributed by atoms with E-state index in [1.54, 1.807) is 0 Å². The topological polar surface area (TPSA) is 31.6 Å². The molecule has 0 amide bonds. The number of aromatic amines is 2. The average Bonchev–Trinajstić information content (AvgIpc) is 3.38. The number of hydrogen-bond donors (Lipinski definition) is 2. The molecule has 0 atom stereocenters. The van der Waals surface area contributed by atoms with Gasteiger partial charge in [0.15, 0.2) is 0 Å². The molecule has 6 rings (SSSR count). The molecule has 0 fully saturated rings. The van der Waals surface area contributed by atoms with Crippen molar-refractivity contribution in [2.45, 2.75) is 6.42 Å². The second-order valence-corrected chi connectivity index (χ2v) is 10.1. The summed E-state index contributed by atoms with van der Waals surface area (Å²) >= 11 is 7.37. The van der Waals surface area contributed by atoms with Crippen molar-refractivity contribution in [2.75, 3.05) is 0 Å². The zero-order valence-corrected chi connectivity index (χ0v) is 20.9. The molecule has 2 nitrogen and oxygen atoms in total. The van der Waals surface area contributed by atoms with Gasteiger partial charge in [0, 0.05) is 37.2 Å². The molecule has 4 aromatic carbocycles. The van der Waals surface area contributed by atoms with Gasteiger partial charge in [0.05, 0.1) is 11.4 Å². The van der Waals surface area contributed by atoms with Gasteiger partial charge in [-0.25, -0.2) is 0 Å². The summed E-state index contributed by atoms with van der Waals surface area (Å²) in [6.07, 6.45) is 0.807. The van der Waals surface area contributed by atoms with Gasteiger partial charge in [0.2, 0.25) is 0 Å². The predicted octanol–water partition coefficient (Wildman–Crippen LogP) is 9.10. The molecule has 0 saturated carbocycles. The van der Waals surface area contributed by atoms with E-state index in [1.165, 1.54) is 44.4 Å². The van der Waals surface area contributed by atoms with Crippen LogP contribution >= 0.6 is 31.9 Å². The van der Waals surface area contributed by atoms with E-state index in [1.807, 2.05) is 0 Å². The third-order valence-corrected chi connectivity index (χ3v) is 7.20. The Morgan fingerprint density at radius 1 is 0.515 bits per heavy atom. The van der Waals surface area contributed by atoms with Crippen LogP contribution in [-0.4, -0.2) is 9.97 Å². The molecular weight excluding hydrogens is 536 g/mol. The fourth-order valence-electron chi connectivity index (χ4n) is 4.69. The Kier molecular flexibility index (Phi) is 5.20. The molecule has 6 aromatic rings. The summed E-state index contributed by atoms with van der Waals surface area (Å²) in [4.78, 5) is 7.40. The molecule has 0 radical (unpaired) electrons. The van der Waals surface area contributed by atoms with Crippen LogP contribution in [0.1, 0.15) is 11.1 Å². The molecule has 2 N–H and O–H groups in total. The minimum absolute atomic E-state index is 0.807. The highest BCUT2D eigenvalue weighted by Crippen LogP contribution is 2.38. The summed E-state index contributed by atoms with van der Waals surface area (Å²) in [6.45, 7) is 0. The van der Waals surface area contributed by atoms with Gasteiger partial charge in [-0.3, -0.25) is 0 Å². The second-order valence-electron chi connectivity index (χ2n) is 8.25. The SMILES string of the molecule is Brc1ccc2[nH]c(-c3ccccc3)c(Cc3c(-c4ccccc4)[nH]c4ccc(Br)cc34)c2c1. The Morgan fingerprint density at radius 3 is 1.36 bits per heavy atom. The first-order chi connectivity index (χ1) is 16.2. The first kappa shape index (κ1) is 20.5. The summed E-state index contributed by atoms with van der Waals surface area (Å²) < 4.78 is 2.17. The fourth-order valence-corrected chi connectivity index (χ4v) is 5.41. The lowest BCUT2D eigenvalue weighted by Gasteiger charge is -2.09. The van der Waals surface area contributed by atoms with Crippen LogP contribution in [0.25, 0.3) is 44.3 Å².